The molecule has 2 aromatic carbocycles. The van der Waals surface area contributed by atoms with Crippen molar-refractivity contribution in [2.45, 2.75) is 5.16 Å². The highest BCUT2D eigenvalue weighted by molar-refractivity contribution is 7.99. The highest BCUT2D eigenvalue weighted by Crippen LogP contribution is 2.28. The number of thioether (sulfide) groups is 1. The molecule has 1 amide bonds. The lowest BCUT2D eigenvalue weighted by atomic mass is 10.2. The van der Waals surface area contributed by atoms with Crippen LogP contribution < -0.4 is 15.5 Å². The Balaban J connectivity index is 1.47. The Morgan fingerprint density at radius 1 is 1.15 bits per heavy atom. The largest absolute Gasteiger partial charge is 0.506 e. The van der Waals surface area contributed by atoms with Crippen molar-refractivity contribution in [2.75, 3.05) is 47.6 Å². The number of ether oxygens (including phenoxy) is 1. The van der Waals surface area contributed by atoms with Crippen LogP contribution in [0.15, 0.2) is 53.7 Å². The molecule has 12 nitrogen and oxygen atoms in total. The van der Waals surface area contributed by atoms with Crippen LogP contribution in [0.25, 0.3) is 0 Å². The molecule has 1 aliphatic heterocycles. The number of phenolic OH excluding ortho intramolecular Hbond substituents is 1. The number of non-ortho nitro benzene ring substituents is 1. The number of phenols is 1. The fourth-order valence-corrected chi connectivity index (χ4v) is 3.71. The Labute approximate surface area is 198 Å². The third kappa shape index (κ3) is 6.08. The summed E-state index contributed by atoms with van der Waals surface area (Å²) in [5.41, 5.74) is 0.611. The molecule has 1 aromatic heterocycles. The standard InChI is InChI=1S/C21H21N7O5S/c29-17-12-15(28(31)32)6-7-16(17)23-18(30)13-34-21-25-19(22-14-4-2-1-3-5-14)24-20(26-21)27-8-10-33-11-9-27/h1-7,12,29H,8-11,13H2,(H,23,30)(H,22,24,25,26). The van der Waals surface area contributed by atoms with Gasteiger partial charge in [-0.1, -0.05) is 30.0 Å². The number of aromatic nitrogens is 3. The Bertz CT molecular complexity index is 1180. The number of nitro groups is 1. The molecule has 1 aliphatic rings. The average molecular weight is 484 g/mol. The number of carbonyl (C=O) groups is 1. The van der Waals surface area contributed by atoms with Crippen LogP contribution in [0.1, 0.15) is 0 Å². The summed E-state index contributed by atoms with van der Waals surface area (Å²) in [4.78, 5) is 38.0. The van der Waals surface area contributed by atoms with E-state index in [4.69, 9.17) is 4.74 Å². The molecule has 4 rings (SSSR count). The average Bonchev–Trinajstić information content (AvgIpc) is 2.85. The molecule has 1 fully saturated rings. The predicted molar refractivity (Wildman–Crippen MR) is 127 cm³/mol. The Morgan fingerprint density at radius 2 is 1.91 bits per heavy atom. The van der Waals surface area contributed by atoms with E-state index in [-0.39, 0.29) is 17.1 Å². The molecule has 176 valence electrons. The topological polar surface area (TPSA) is 156 Å². The van der Waals surface area contributed by atoms with Gasteiger partial charge >= 0.3 is 0 Å². The summed E-state index contributed by atoms with van der Waals surface area (Å²) in [5, 5.41) is 26.8. The molecule has 0 spiro atoms. The van der Waals surface area contributed by atoms with Crippen LogP contribution in [-0.2, 0) is 9.53 Å². The first-order valence-electron chi connectivity index (χ1n) is 10.3. The second-order valence-corrected chi connectivity index (χ2v) is 8.07. The number of carbonyl (C=O) groups excluding carboxylic acids is 1. The maximum absolute atomic E-state index is 12.4. The summed E-state index contributed by atoms with van der Waals surface area (Å²) in [6, 6.07) is 12.9. The van der Waals surface area contributed by atoms with Gasteiger partial charge in [0.25, 0.3) is 5.69 Å². The second kappa shape index (κ2) is 10.8. The third-order valence-electron chi connectivity index (χ3n) is 4.73. The SMILES string of the molecule is O=C(CSc1nc(Nc2ccccc2)nc(N2CCOCC2)n1)Nc1ccc([N+](=O)[O-])cc1O. The number of para-hydroxylation sites is 1. The third-order valence-corrected chi connectivity index (χ3v) is 5.57. The fraction of sp³-hybridized carbons (Fsp3) is 0.238. The predicted octanol–water partition coefficient (Wildman–Crippen LogP) is 2.80. The number of amides is 1. The molecule has 0 aliphatic carbocycles. The van der Waals surface area contributed by atoms with Crippen molar-refractivity contribution < 1.29 is 19.6 Å². The first-order chi connectivity index (χ1) is 16.5. The van der Waals surface area contributed by atoms with Crippen LogP contribution in [0.4, 0.5) is 29.0 Å². The smallest absolute Gasteiger partial charge is 0.273 e. The van der Waals surface area contributed by atoms with Gasteiger partial charge < -0.3 is 25.4 Å². The van der Waals surface area contributed by atoms with Crippen molar-refractivity contribution in [3.63, 3.8) is 0 Å². The Hall–Kier alpha value is -3.97. The summed E-state index contributed by atoms with van der Waals surface area (Å²) >= 11 is 1.10. The molecule has 3 N–H and O–H groups in total. The zero-order valence-corrected chi connectivity index (χ0v) is 18.7. The second-order valence-electron chi connectivity index (χ2n) is 7.13. The van der Waals surface area contributed by atoms with Gasteiger partial charge in [0.2, 0.25) is 17.8 Å². The number of anilines is 4. The maximum Gasteiger partial charge on any atom is 0.273 e. The number of hydrogen-bond acceptors (Lipinski definition) is 11. The van der Waals surface area contributed by atoms with Gasteiger partial charge in [-0.2, -0.15) is 15.0 Å². The molecule has 34 heavy (non-hydrogen) atoms. The minimum Gasteiger partial charge on any atom is -0.506 e. The fourth-order valence-electron chi connectivity index (χ4n) is 3.08. The van der Waals surface area contributed by atoms with E-state index >= 15 is 0 Å². The van der Waals surface area contributed by atoms with Crippen LogP contribution in [0.5, 0.6) is 5.75 Å². The summed E-state index contributed by atoms with van der Waals surface area (Å²) in [6.45, 7) is 2.41. The first-order valence-corrected chi connectivity index (χ1v) is 11.3. The molecule has 3 aromatic rings. The molecule has 1 saturated heterocycles. The van der Waals surface area contributed by atoms with E-state index in [1.165, 1.54) is 12.1 Å². The van der Waals surface area contributed by atoms with E-state index in [2.05, 4.69) is 25.6 Å². The van der Waals surface area contributed by atoms with Crippen molar-refractivity contribution >= 4 is 46.6 Å². The summed E-state index contributed by atoms with van der Waals surface area (Å²) < 4.78 is 5.40. The van der Waals surface area contributed by atoms with Gasteiger partial charge in [0, 0.05) is 24.8 Å². The summed E-state index contributed by atoms with van der Waals surface area (Å²) in [7, 11) is 0. The lowest BCUT2D eigenvalue weighted by Gasteiger charge is -2.27. The number of nitrogens with one attached hydrogen (secondary N) is 2. The Morgan fingerprint density at radius 3 is 2.62 bits per heavy atom. The lowest BCUT2D eigenvalue weighted by molar-refractivity contribution is -0.384. The van der Waals surface area contributed by atoms with Crippen molar-refractivity contribution in [3.05, 3.63) is 58.6 Å². The lowest BCUT2D eigenvalue weighted by Crippen LogP contribution is -2.37. The van der Waals surface area contributed by atoms with E-state index in [0.29, 0.717) is 43.4 Å². The number of benzene rings is 2. The van der Waals surface area contributed by atoms with Crippen molar-refractivity contribution in [1.82, 2.24) is 15.0 Å². The van der Waals surface area contributed by atoms with Crippen molar-refractivity contribution in [2.24, 2.45) is 0 Å². The number of nitro benzene ring substituents is 1. The van der Waals surface area contributed by atoms with Crippen molar-refractivity contribution in [3.8, 4) is 5.75 Å². The minimum atomic E-state index is -0.630. The number of aromatic hydroxyl groups is 1. The van der Waals surface area contributed by atoms with Crippen LogP contribution in [0.2, 0.25) is 0 Å². The molecular formula is C21H21N7O5S. The van der Waals surface area contributed by atoms with E-state index < -0.39 is 16.6 Å². The van der Waals surface area contributed by atoms with Gasteiger partial charge in [0.15, 0.2) is 5.16 Å². The van der Waals surface area contributed by atoms with Crippen LogP contribution in [0, 0.1) is 10.1 Å². The quantitative estimate of drug-likeness (QED) is 0.187. The highest BCUT2D eigenvalue weighted by Gasteiger charge is 2.18. The van der Waals surface area contributed by atoms with Gasteiger partial charge in [0.1, 0.15) is 5.75 Å². The van der Waals surface area contributed by atoms with Crippen LogP contribution in [0.3, 0.4) is 0 Å². The van der Waals surface area contributed by atoms with Gasteiger partial charge in [-0.3, -0.25) is 14.9 Å². The first kappa shape index (κ1) is 23.2. The zero-order valence-electron chi connectivity index (χ0n) is 17.9. The van der Waals surface area contributed by atoms with Crippen LogP contribution >= 0.6 is 11.8 Å². The van der Waals surface area contributed by atoms with Gasteiger partial charge in [0.05, 0.1) is 35.6 Å². The minimum absolute atomic E-state index is 0.0478. The summed E-state index contributed by atoms with van der Waals surface area (Å²) in [5.74, 6) is -0.0451. The molecule has 0 atom stereocenters. The number of morpholine rings is 1. The van der Waals surface area contributed by atoms with Gasteiger partial charge in [-0.05, 0) is 18.2 Å². The summed E-state index contributed by atoms with van der Waals surface area (Å²) in [6.07, 6.45) is 0. The Kier molecular flexibility index (Phi) is 7.34. The van der Waals surface area contributed by atoms with E-state index in [1.54, 1.807) is 0 Å². The van der Waals surface area contributed by atoms with Crippen LogP contribution in [-0.4, -0.2) is 62.9 Å². The maximum atomic E-state index is 12.4. The van der Waals surface area contributed by atoms with E-state index in [9.17, 15) is 20.0 Å². The van der Waals surface area contributed by atoms with E-state index in [1.807, 2.05) is 35.2 Å². The van der Waals surface area contributed by atoms with E-state index in [0.717, 1.165) is 23.5 Å². The monoisotopic (exact) mass is 483 g/mol. The van der Waals surface area contributed by atoms with Gasteiger partial charge in [-0.25, -0.2) is 0 Å². The molecule has 2 heterocycles. The molecular weight excluding hydrogens is 462 g/mol. The molecule has 0 saturated carbocycles. The number of rotatable bonds is 8. The number of hydrogen-bond donors (Lipinski definition) is 3. The normalized spacial score (nSPS) is 13.4. The zero-order chi connectivity index (χ0) is 23.9. The molecule has 0 bridgehead atoms. The number of nitrogens with zero attached hydrogens (tertiary/aromatic N) is 5. The van der Waals surface area contributed by atoms with Crippen molar-refractivity contribution in [1.29, 1.82) is 0 Å². The molecule has 0 unspecified atom stereocenters. The van der Waals surface area contributed by atoms with Gasteiger partial charge in [-0.15, -0.1) is 0 Å². The molecule has 13 heteroatoms. The molecule has 0 radical (unpaired) electrons. The highest BCUT2D eigenvalue weighted by atomic mass is 32.2.